The summed E-state index contributed by atoms with van der Waals surface area (Å²) in [5.41, 5.74) is -8.40. The van der Waals surface area contributed by atoms with E-state index >= 15 is 0 Å². The van der Waals surface area contributed by atoms with Gasteiger partial charge in [-0.1, -0.05) is 60.7 Å². The fourth-order valence-electron chi connectivity index (χ4n) is 2.88. The average Bonchev–Trinajstić information content (AvgIpc) is 2.70. The number of aryl methyl sites for hydroxylation is 1. The lowest BCUT2D eigenvalue weighted by Gasteiger charge is -2.36. The molecule has 2 aromatic carbocycles. The van der Waals surface area contributed by atoms with E-state index in [1.54, 1.807) is 36.4 Å². The molecule has 170 valence electrons. The van der Waals surface area contributed by atoms with E-state index < -0.39 is 49.0 Å². The summed E-state index contributed by atoms with van der Waals surface area (Å²) in [5.74, 6) is -1.78. The standard InChI is InChI=1S/C21H19F7O3/c22-19(20(23,24)25,21(26,27)28)14-18(30,12-11-15-7-3-1-4-8-15)17(29)31-13-16-9-5-2-6-10-16/h1-10,30H,11-14H2. The van der Waals surface area contributed by atoms with Gasteiger partial charge in [-0.15, -0.1) is 0 Å². The maximum Gasteiger partial charge on any atom is 0.431 e. The Morgan fingerprint density at radius 2 is 1.23 bits per heavy atom. The Labute approximate surface area is 173 Å². The predicted molar refractivity (Wildman–Crippen MR) is 96.5 cm³/mol. The van der Waals surface area contributed by atoms with Crippen LogP contribution in [0.15, 0.2) is 60.7 Å². The van der Waals surface area contributed by atoms with Gasteiger partial charge in [-0.25, -0.2) is 9.18 Å². The quantitative estimate of drug-likeness (QED) is 0.436. The van der Waals surface area contributed by atoms with E-state index in [0.29, 0.717) is 11.1 Å². The molecule has 0 amide bonds. The molecule has 2 aromatic rings. The van der Waals surface area contributed by atoms with Gasteiger partial charge in [-0.2, -0.15) is 26.3 Å². The number of carbonyl (C=O) groups is 1. The molecule has 0 radical (unpaired) electrons. The van der Waals surface area contributed by atoms with Gasteiger partial charge < -0.3 is 9.84 Å². The first kappa shape index (κ1) is 24.6. The Kier molecular flexibility index (Phi) is 7.36. The normalized spacial score (nSPS) is 14.7. The maximum absolute atomic E-state index is 14.3. The van der Waals surface area contributed by atoms with E-state index in [1.165, 1.54) is 24.3 Å². The number of alkyl halides is 7. The minimum Gasteiger partial charge on any atom is -0.459 e. The molecule has 0 aliphatic rings. The predicted octanol–water partition coefficient (Wildman–Crippen LogP) is 5.32. The fraction of sp³-hybridized carbons (Fsp3) is 0.381. The molecule has 2 rings (SSSR count). The highest BCUT2D eigenvalue weighted by Gasteiger charge is 2.74. The van der Waals surface area contributed by atoms with Gasteiger partial charge in [-0.05, 0) is 24.0 Å². The molecule has 0 bridgehead atoms. The molecule has 1 N–H and O–H groups in total. The molecule has 0 aromatic heterocycles. The Morgan fingerprint density at radius 3 is 1.68 bits per heavy atom. The molecular formula is C21H19F7O3. The molecule has 0 saturated carbocycles. The Balaban J connectivity index is 2.32. The molecule has 1 unspecified atom stereocenters. The molecular weight excluding hydrogens is 433 g/mol. The van der Waals surface area contributed by atoms with Crippen molar-refractivity contribution in [3.63, 3.8) is 0 Å². The van der Waals surface area contributed by atoms with Gasteiger partial charge in [0.05, 0.1) is 0 Å². The van der Waals surface area contributed by atoms with E-state index in [-0.39, 0.29) is 6.42 Å². The van der Waals surface area contributed by atoms with Gasteiger partial charge in [0.15, 0.2) is 5.60 Å². The van der Waals surface area contributed by atoms with E-state index in [2.05, 4.69) is 0 Å². The highest BCUT2D eigenvalue weighted by Crippen LogP contribution is 2.51. The Morgan fingerprint density at radius 1 is 0.774 bits per heavy atom. The topological polar surface area (TPSA) is 46.5 Å². The monoisotopic (exact) mass is 452 g/mol. The molecule has 31 heavy (non-hydrogen) atoms. The van der Waals surface area contributed by atoms with Crippen LogP contribution in [0.3, 0.4) is 0 Å². The summed E-state index contributed by atoms with van der Waals surface area (Å²) in [6, 6.07) is 15.4. The maximum atomic E-state index is 14.3. The number of ether oxygens (including phenoxy) is 1. The summed E-state index contributed by atoms with van der Waals surface area (Å²) in [6.07, 6.45) is -16.6. The minimum atomic E-state index is -6.41. The smallest absolute Gasteiger partial charge is 0.431 e. The van der Waals surface area contributed by atoms with E-state index in [4.69, 9.17) is 4.74 Å². The summed E-state index contributed by atoms with van der Waals surface area (Å²) >= 11 is 0. The van der Waals surface area contributed by atoms with Gasteiger partial charge in [0.1, 0.15) is 6.61 Å². The third kappa shape index (κ3) is 5.96. The average molecular weight is 452 g/mol. The van der Waals surface area contributed by atoms with Crippen LogP contribution < -0.4 is 0 Å². The highest BCUT2D eigenvalue weighted by atomic mass is 19.4. The van der Waals surface area contributed by atoms with Crippen LogP contribution in [0, 0.1) is 0 Å². The minimum absolute atomic E-state index is 0.288. The third-order valence-corrected chi connectivity index (χ3v) is 4.70. The molecule has 0 fully saturated rings. The van der Waals surface area contributed by atoms with E-state index in [0.717, 1.165) is 0 Å². The zero-order valence-electron chi connectivity index (χ0n) is 16.0. The highest BCUT2D eigenvalue weighted by molar-refractivity contribution is 5.79. The number of aliphatic hydroxyl groups is 1. The van der Waals surface area contributed by atoms with Crippen LogP contribution in [-0.2, 0) is 22.6 Å². The number of hydrogen-bond donors (Lipinski definition) is 1. The van der Waals surface area contributed by atoms with Crippen molar-refractivity contribution in [1.82, 2.24) is 0 Å². The molecule has 0 saturated heterocycles. The van der Waals surface area contributed by atoms with Crippen molar-refractivity contribution in [2.45, 2.75) is 49.5 Å². The first-order valence-corrected chi connectivity index (χ1v) is 9.08. The van der Waals surface area contributed by atoms with Crippen molar-refractivity contribution in [2.24, 2.45) is 0 Å². The van der Waals surface area contributed by atoms with Crippen molar-refractivity contribution < 1.29 is 45.4 Å². The van der Waals surface area contributed by atoms with Crippen molar-refractivity contribution in [3.8, 4) is 0 Å². The van der Waals surface area contributed by atoms with Crippen LogP contribution in [0.5, 0.6) is 0 Å². The second kappa shape index (κ2) is 9.25. The molecule has 0 heterocycles. The summed E-state index contributed by atoms with van der Waals surface area (Å²) < 4.78 is 97.4. The largest absolute Gasteiger partial charge is 0.459 e. The molecule has 1 atom stereocenters. The Bertz CT molecular complexity index is 837. The fourth-order valence-corrected chi connectivity index (χ4v) is 2.88. The van der Waals surface area contributed by atoms with Crippen LogP contribution in [0.25, 0.3) is 0 Å². The first-order chi connectivity index (χ1) is 14.3. The lowest BCUT2D eigenvalue weighted by atomic mass is 9.83. The third-order valence-electron chi connectivity index (χ3n) is 4.70. The Hall–Kier alpha value is -2.62. The van der Waals surface area contributed by atoms with Gasteiger partial charge in [0, 0.05) is 6.42 Å². The molecule has 0 aliphatic carbocycles. The number of hydrogen-bond acceptors (Lipinski definition) is 3. The van der Waals surface area contributed by atoms with Crippen LogP contribution in [0.1, 0.15) is 24.0 Å². The summed E-state index contributed by atoms with van der Waals surface area (Å²) in [6.45, 7) is -0.523. The summed E-state index contributed by atoms with van der Waals surface area (Å²) in [7, 11) is 0. The second-order valence-corrected chi connectivity index (χ2v) is 7.05. The van der Waals surface area contributed by atoms with Crippen molar-refractivity contribution in [2.75, 3.05) is 0 Å². The molecule has 10 heteroatoms. The SMILES string of the molecule is O=C(OCc1ccccc1)C(O)(CCc1ccccc1)CC(F)(C(F)(F)F)C(F)(F)F. The number of carbonyl (C=O) groups excluding carboxylic acids is 1. The second-order valence-electron chi connectivity index (χ2n) is 7.05. The van der Waals surface area contributed by atoms with Crippen LogP contribution in [0.2, 0.25) is 0 Å². The van der Waals surface area contributed by atoms with Crippen LogP contribution in [0.4, 0.5) is 30.7 Å². The zero-order valence-corrected chi connectivity index (χ0v) is 16.0. The molecule has 0 spiro atoms. The van der Waals surface area contributed by atoms with Crippen molar-refractivity contribution >= 4 is 5.97 Å². The van der Waals surface area contributed by atoms with Crippen LogP contribution in [-0.4, -0.2) is 34.7 Å². The lowest BCUT2D eigenvalue weighted by Crippen LogP contribution is -2.59. The van der Waals surface area contributed by atoms with Crippen LogP contribution >= 0.6 is 0 Å². The number of rotatable bonds is 8. The van der Waals surface area contributed by atoms with Gasteiger partial charge in [0.2, 0.25) is 0 Å². The number of halogens is 7. The zero-order chi connectivity index (χ0) is 23.3. The summed E-state index contributed by atoms with van der Waals surface area (Å²) in [4.78, 5) is 12.4. The van der Waals surface area contributed by atoms with Gasteiger partial charge in [-0.3, -0.25) is 0 Å². The lowest BCUT2D eigenvalue weighted by molar-refractivity contribution is -0.351. The molecule has 0 aliphatic heterocycles. The van der Waals surface area contributed by atoms with E-state index in [1.807, 2.05) is 0 Å². The van der Waals surface area contributed by atoms with Gasteiger partial charge >= 0.3 is 24.0 Å². The van der Waals surface area contributed by atoms with Crippen molar-refractivity contribution in [1.29, 1.82) is 0 Å². The number of esters is 1. The summed E-state index contributed by atoms with van der Waals surface area (Å²) in [5, 5.41) is 10.6. The first-order valence-electron chi connectivity index (χ1n) is 9.08. The molecule has 3 nitrogen and oxygen atoms in total. The van der Waals surface area contributed by atoms with Gasteiger partial charge in [0.25, 0.3) is 0 Å². The van der Waals surface area contributed by atoms with Crippen molar-refractivity contribution in [3.05, 3.63) is 71.8 Å². The van der Waals surface area contributed by atoms with E-state index in [9.17, 15) is 40.6 Å². The number of benzene rings is 2.